The molecule has 0 saturated heterocycles. The highest BCUT2D eigenvalue weighted by Crippen LogP contribution is 2.29. The highest BCUT2D eigenvalue weighted by Gasteiger charge is 2.20. The summed E-state index contributed by atoms with van der Waals surface area (Å²) in [5, 5.41) is 0. The number of benzene rings is 1. The molecule has 0 radical (unpaired) electrons. The third-order valence-electron chi connectivity index (χ3n) is 3.77. The summed E-state index contributed by atoms with van der Waals surface area (Å²) in [6.45, 7) is 2.99. The Morgan fingerprint density at radius 3 is 2.50 bits per heavy atom. The molecule has 3 nitrogen and oxygen atoms in total. The van der Waals surface area contributed by atoms with Crippen LogP contribution in [0.4, 0.5) is 5.69 Å². The van der Waals surface area contributed by atoms with E-state index in [1.54, 1.807) is 7.11 Å². The fraction of sp³-hybridized carbons (Fsp3) is 0.600. The molecule has 1 aromatic rings. The predicted octanol–water partition coefficient (Wildman–Crippen LogP) is 2.65. The average Bonchev–Trinajstić information content (AvgIpc) is 2.37. The van der Waals surface area contributed by atoms with Crippen molar-refractivity contribution in [3.8, 4) is 5.75 Å². The molecule has 0 aliphatic heterocycles. The van der Waals surface area contributed by atoms with Gasteiger partial charge in [-0.1, -0.05) is 6.42 Å². The maximum atomic E-state index is 5.63. The number of hydrogen-bond donors (Lipinski definition) is 1. The standard InChI is InChI=1S/C15H24N2O/c1-18-15-8-6-14(7-9-15)17(11-3-10-16)12-13-4-2-5-13/h6-9,13H,2-5,10-12,16H2,1H3. The second-order valence-electron chi connectivity index (χ2n) is 5.08. The molecule has 1 saturated carbocycles. The van der Waals surface area contributed by atoms with E-state index in [4.69, 9.17) is 10.5 Å². The molecule has 0 atom stereocenters. The Morgan fingerprint density at radius 2 is 2.00 bits per heavy atom. The van der Waals surface area contributed by atoms with Crippen molar-refractivity contribution >= 4 is 5.69 Å². The van der Waals surface area contributed by atoms with Gasteiger partial charge in [-0.15, -0.1) is 0 Å². The molecule has 0 unspecified atom stereocenters. The van der Waals surface area contributed by atoms with E-state index in [1.807, 2.05) is 12.1 Å². The van der Waals surface area contributed by atoms with Crippen molar-refractivity contribution < 1.29 is 4.74 Å². The van der Waals surface area contributed by atoms with E-state index in [0.29, 0.717) is 0 Å². The largest absolute Gasteiger partial charge is 0.497 e. The van der Waals surface area contributed by atoms with Crippen LogP contribution in [0.3, 0.4) is 0 Å². The average molecular weight is 248 g/mol. The third-order valence-corrected chi connectivity index (χ3v) is 3.77. The molecule has 0 bridgehead atoms. The first-order chi connectivity index (χ1) is 8.83. The van der Waals surface area contributed by atoms with Crippen LogP contribution in [0.25, 0.3) is 0 Å². The molecule has 100 valence electrons. The molecular formula is C15H24N2O. The summed E-state index contributed by atoms with van der Waals surface area (Å²) in [7, 11) is 1.70. The third kappa shape index (κ3) is 3.39. The maximum Gasteiger partial charge on any atom is 0.119 e. The molecule has 0 spiro atoms. The Labute approximate surface area is 110 Å². The Kier molecular flexibility index (Phi) is 4.88. The van der Waals surface area contributed by atoms with Gasteiger partial charge in [-0.05, 0) is 56.0 Å². The number of hydrogen-bond acceptors (Lipinski definition) is 3. The van der Waals surface area contributed by atoms with Gasteiger partial charge in [0.25, 0.3) is 0 Å². The van der Waals surface area contributed by atoms with Crippen molar-refractivity contribution in [2.75, 3.05) is 31.6 Å². The summed E-state index contributed by atoms with van der Waals surface area (Å²) in [5.74, 6) is 1.80. The molecular weight excluding hydrogens is 224 g/mol. The lowest BCUT2D eigenvalue weighted by molar-refractivity contribution is 0.317. The number of nitrogens with zero attached hydrogens (tertiary/aromatic N) is 1. The summed E-state index contributed by atoms with van der Waals surface area (Å²) in [4.78, 5) is 2.47. The fourth-order valence-corrected chi connectivity index (χ4v) is 2.39. The fourth-order valence-electron chi connectivity index (χ4n) is 2.39. The summed E-state index contributed by atoms with van der Waals surface area (Å²) in [6, 6.07) is 8.36. The molecule has 1 aliphatic carbocycles. The first-order valence-electron chi connectivity index (χ1n) is 6.92. The predicted molar refractivity (Wildman–Crippen MR) is 76.2 cm³/mol. The quantitative estimate of drug-likeness (QED) is 0.806. The molecule has 18 heavy (non-hydrogen) atoms. The van der Waals surface area contributed by atoms with Gasteiger partial charge < -0.3 is 15.4 Å². The van der Waals surface area contributed by atoms with Gasteiger partial charge in [0, 0.05) is 18.8 Å². The van der Waals surface area contributed by atoms with E-state index in [0.717, 1.165) is 31.2 Å². The van der Waals surface area contributed by atoms with E-state index >= 15 is 0 Å². The summed E-state index contributed by atoms with van der Waals surface area (Å²) in [6.07, 6.45) is 5.22. The molecule has 0 heterocycles. The topological polar surface area (TPSA) is 38.5 Å². The second kappa shape index (κ2) is 6.64. The molecule has 2 N–H and O–H groups in total. The van der Waals surface area contributed by atoms with Gasteiger partial charge in [0.05, 0.1) is 7.11 Å². The summed E-state index contributed by atoms with van der Waals surface area (Å²) in [5.41, 5.74) is 6.92. The van der Waals surface area contributed by atoms with Gasteiger partial charge in [0.1, 0.15) is 5.75 Å². The number of anilines is 1. The lowest BCUT2D eigenvalue weighted by Crippen LogP contribution is -2.34. The van der Waals surface area contributed by atoms with Crippen LogP contribution >= 0.6 is 0 Å². The number of methoxy groups -OCH3 is 1. The Bertz CT molecular complexity index is 346. The lowest BCUT2D eigenvalue weighted by atomic mass is 9.85. The molecule has 3 heteroatoms. The molecule has 1 aliphatic rings. The van der Waals surface area contributed by atoms with Crippen LogP contribution in [0.2, 0.25) is 0 Å². The van der Waals surface area contributed by atoms with Crippen LogP contribution in [-0.4, -0.2) is 26.7 Å². The van der Waals surface area contributed by atoms with E-state index in [2.05, 4.69) is 17.0 Å². The van der Waals surface area contributed by atoms with E-state index < -0.39 is 0 Å². The van der Waals surface area contributed by atoms with Gasteiger partial charge in [-0.25, -0.2) is 0 Å². The molecule has 0 aromatic heterocycles. The minimum Gasteiger partial charge on any atom is -0.497 e. The normalized spacial score (nSPS) is 15.2. The van der Waals surface area contributed by atoms with Crippen LogP contribution in [-0.2, 0) is 0 Å². The minimum absolute atomic E-state index is 0.761. The SMILES string of the molecule is COc1ccc(N(CCCN)CC2CCC2)cc1. The van der Waals surface area contributed by atoms with Gasteiger partial charge in [0.2, 0.25) is 0 Å². The van der Waals surface area contributed by atoms with Crippen molar-refractivity contribution in [2.45, 2.75) is 25.7 Å². The summed E-state index contributed by atoms with van der Waals surface area (Å²) >= 11 is 0. The smallest absolute Gasteiger partial charge is 0.119 e. The second-order valence-corrected chi connectivity index (χ2v) is 5.08. The number of rotatable bonds is 7. The maximum absolute atomic E-state index is 5.63. The molecule has 0 amide bonds. The first kappa shape index (κ1) is 13.2. The van der Waals surface area contributed by atoms with E-state index in [1.165, 1.54) is 31.5 Å². The van der Waals surface area contributed by atoms with Crippen LogP contribution in [0.1, 0.15) is 25.7 Å². The first-order valence-corrected chi connectivity index (χ1v) is 6.92. The van der Waals surface area contributed by atoms with Crippen molar-refractivity contribution in [3.63, 3.8) is 0 Å². The van der Waals surface area contributed by atoms with Gasteiger partial charge >= 0.3 is 0 Å². The van der Waals surface area contributed by atoms with E-state index in [9.17, 15) is 0 Å². The summed E-state index contributed by atoms with van der Waals surface area (Å²) < 4.78 is 5.20. The van der Waals surface area contributed by atoms with Crippen LogP contribution in [0.15, 0.2) is 24.3 Å². The Morgan fingerprint density at radius 1 is 1.28 bits per heavy atom. The van der Waals surface area contributed by atoms with Gasteiger partial charge in [-0.2, -0.15) is 0 Å². The number of ether oxygens (including phenoxy) is 1. The van der Waals surface area contributed by atoms with Crippen molar-refractivity contribution in [1.29, 1.82) is 0 Å². The monoisotopic (exact) mass is 248 g/mol. The van der Waals surface area contributed by atoms with Crippen molar-refractivity contribution in [2.24, 2.45) is 11.7 Å². The molecule has 2 rings (SSSR count). The van der Waals surface area contributed by atoms with Gasteiger partial charge in [0.15, 0.2) is 0 Å². The van der Waals surface area contributed by atoms with Crippen LogP contribution in [0, 0.1) is 5.92 Å². The minimum atomic E-state index is 0.761. The Balaban J connectivity index is 2.00. The zero-order chi connectivity index (χ0) is 12.8. The highest BCUT2D eigenvalue weighted by atomic mass is 16.5. The zero-order valence-electron chi connectivity index (χ0n) is 11.3. The van der Waals surface area contributed by atoms with Crippen molar-refractivity contribution in [3.05, 3.63) is 24.3 Å². The van der Waals surface area contributed by atoms with Crippen molar-refractivity contribution in [1.82, 2.24) is 0 Å². The zero-order valence-corrected chi connectivity index (χ0v) is 11.3. The molecule has 1 fully saturated rings. The lowest BCUT2D eigenvalue weighted by Gasteiger charge is -2.34. The number of nitrogens with two attached hydrogens (primary N) is 1. The molecule has 1 aromatic carbocycles. The highest BCUT2D eigenvalue weighted by molar-refractivity contribution is 5.49. The van der Waals surface area contributed by atoms with Gasteiger partial charge in [-0.3, -0.25) is 0 Å². The van der Waals surface area contributed by atoms with Crippen LogP contribution in [0.5, 0.6) is 5.75 Å². The van der Waals surface area contributed by atoms with Crippen LogP contribution < -0.4 is 15.4 Å². The van der Waals surface area contributed by atoms with E-state index in [-0.39, 0.29) is 0 Å². The Hall–Kier alpha value is -1.22.